The smallest absolute Gasteiger partial charge is 0.274 e. The van der Waals surface area contributed by atoms with E-state index in [1.807, 2.05) is 13.8 Å². The van der Waals surface area contributed by atoms with Crippen molar-refractivity contribution in [3.8, 4) is 0 Å². The van der Waals surface area contributed by atoms with Crippen LogP contribution in [0, 0.1) is 0 Å². The molecule has 1 atom stereocenters. The molecule has 1 aliphatic rings. The number of hydrogen-bond acceptors (Lipinski definition) is 5. The van der Waals surface area contributed by atoms with Crippen LogP contribution in [0.15, 0.2) is 16.9 Å². The molecule has 0 spiro atoms. The van der Waals surface area contributed by atoms with Gasteiger partial charge in [0.15, 0.2) is 9.84 Å². The molecule has 0 radical (unpaired) electrons. The van der Waals surface area contributed by atoms with E-state index in [2.05, 4.69) is 5.10 Å². The van der Waals surface area contributed by atoms with Gasteiger partial charge in [-0.15, -0.1) is 0 Å². The summed E-state index contributed by atoms with van der Waals surface area (Å²) in [6.45, 7) is 4.92. The molecule has 1 aliphatic heterocycles. The van der Waals surface area contributed by atoms with Gasteiger partial charge < -0.3 is 4.90 Å². The number of carbonyl (C=O) groups excluding carboxylic acids is 1. The maximum Gasteiger partial charge on any atom is 0.274 e. The molecule has 0 aromatic carbocycles. The number of nitrogens with zero attached hydrogens (tertiary/aromatic N) is 3. The molecular weight excluding hydrogens is 330 g/mol. The van der Waals surface area contributed by atoms with Crippen molar-refractivity contribution in [1.82, 2.24) is 14.7 Å². The monoisotopic (exact) mass is 355 g/mol. The van der Waals surface area contributed by atoms with Gasteiger partial charge in [-0.1, -0.05) is 20.3 Å². The number of carbonyl (C=O) groups is 1. The number of sulfone groups is 1. The molecule has 8 heteroatoms. The second-order valence-corrected chi connectivity index (χ2v) is 8.42. The van der Waals surface area contributed by atoms with Crippen molar-refractivity contribution in [3.05, 3.63) is 28.2 Å². The van der Waals surface area contributed by atoms with Crippen molar-refractivity contribution >= 4 is 15.7 Å². The fourth-order valence-corrected chi connectivity index (χ4v) is 4.62. The molecule has 2 rings (SSSR count). The Morgan fingerprint density at radius 1 is 1.33 bits per heavy atom. The van der Waals surface area contributed by atoms with Crippen LogP contribution in [0.1, 0.15) is 50.0 Å². The van der Waals surface area contributed by atoms with Gasteiger partial charge >= 0.3 is 0 Å². The lowest BCUT2D eigenvalue weighted by Crippen LogP contribution is -2.42. The van der Waals surface area contributed by atoms with E-state index in [0.717, 1.165) is 19.3 Å². The van der Waals surface area contributed by atoms with Gasteiger partial charge in [0.2, 0.25) is 0 Å². The fraction of sp³-hybridized carbons (Fsp3) is 0.688. The SMILES string of the molecule is CCCCn1nc(C(=O)N(CCC)C2CCS(=O)(=O)C2)ccc1=O. The number of rotatable bonds is 7. The molecule has 2 heterocycles. The van der Waals surface area contributed by atoms with Crippen molar-refractivity contribution in [2.75, 3.05) is 18.1 Å². The Bertz CT molecular complexity index is 742. The summed E-state index contributed by atoms with van der Waals surface area (Å²) >= 11 is 0. The molecular formula is C16H25N3O4S. The Morgan fingerprint density at radius 3 is 2.67 bits per heavy atom. The van der Waals surface area contributed by atoms with Gasteiger partial charge in [0, 0.05) is 25.2 Å². The highest BCUT2D eigenvalue weighted by Gasteiger charge is 2.35. The molecule has 1 aromatic heterocycles. The van der Waals surface area contributed by atoms with E-state index in [9.17, 15) is 18.0 Å². The van der Waals surface area contributed by atoms with E-state index in [0.29, 0.717) is 19.5 Å². The Kier molecular flexibility index (Phi) is 6.15. The molecule has 1 aromatic rings. The summed E-state index contributed by atoms with van der Waals surface area (Å²) in [5, 5.41) is 4.18. The molecule has 0 N–H and O–H groups in total. The van der Waals surface area contributed by atoms with Crippen LogP contribution in [0.2, 0.25) is 0 Å². The Balaban J connectivity index is 2.25. The zero-order chi connectivity index (χ0) is 17.7. The van der Waals surface area contributed by atoms with Crippen LogP contribution in [-0.2, 0) is 16.4 Å². The first-order chi connectivity index (χ1) is 11.4. The molecule has 134 valence electrons. The average Bonchev–Trinajstić information content (AvgIpc) is 2.91. The third kappa shape index (κ3) is 4.43. The van der Waals surface area contributed by atoms with Crippen LogP contribution in [0.5, 0.6) is 0 Å². The molecule has 1 amide bonds. The van der Waals surface area contributed by atoms with Gasteiger partial charge in [-0.3, -0.25) is 9.59 Å². The molecule has 1 unspecified atom stereocenters. The van der Waals surface area contributed by atoms with Crippen molar-refractivity contribution in [2.45, 2.75) is 52.1 Å². The summed E-state index contributed by atoms with van der Waals surface area (Å²) in [5.74, 6) is -0.174. The zero-order valence-electron chi connectivity index (χ0n) is 14.3. The quantitative estimate of drug-likeness (QED) is 0.730. The summed E-state index contributed by atoms with van der Waals surface area (Å²) in [6, 6.07) is 2.48. The molecule has 0 aliphatic carbocycles. The minimum absolute atomic E-state index is 0.00815. The van der Waals surface area contributed by atoms with E-state index in [1.54, 1.807) is 4.90 Å². The van der Waals surface area contributed by atoms with Gasteiger partial charge in [-0.2, -0.15) is 5.10 Å². The normalized spacial score (nSPS) is 19.3. The van der Waals surface area contributed by atoms with Crippen LogP contribution >= 0.6 is 0 Å². The predicted octanol–water partition coefficient (Wildman–Crippen LogP) is 1.08. The topological polar surface area (TPSA) is 89.3 Å². The zero-order valence-corrected chi connectivity index (χ0v) is 15.1. The van der Waals surface area contributed by atoms with Gasteiger partial charge in [-0.05, 0) is 25.3 Å². The lowest BCUT2D eigenvalue weighted by molar-refractivity contribution is 0.0688. The number of amides is 1. The van der Waals surface area contributed by atoms with Gasteiger partial charge in [0.05, 0.1) is 11.5 Å². The summed E-state index contributed by atoms with van der Waals surface area (Å²) in [7, 11) is -3.07. The summed E-state index contributed by atoms with van der Waals surface area (Å²) < 4.78 is 24.8. The third-order valence-electron chi connectivity index (χ3n) is 4.18. The van der Waals surface area contributed by atoms with Gasteiger partial charge in [0.1, 0.15) is 5.69 Å². The number of hydrogen-bond donors (Lipinski definition) is 0. The van der Waals surface area contributed by atoms with Crippen molar-refractivity contribution in [1.29, 1.82) is 0 Å². The van der Waals surface area contributed by atoms with E-state index < -0.39 is 9.84 Å². The van der Waals surface area contributed by atoms with E-state index in [1.165, 1.54) is 16.8 Å². The lowest BCUT2D eigenvalue weighted by Gasteiger charge is -2.27. The number of unbranched alkanes of at least 4 members (excludes halogenated alkanes) is 1. The van der Waals surface area contributed by atoms with Crippen molar-refractivity contribution in [2.24, 2.45) is 0 Å². The van der Waals surface area contributed by atoms with Gasteiger partial charge in [0.25, 0.3) is 11.5 Å². The van der Waals surface area contributed by atoms with Crippen LogP contribution in [0.25, 0.3) is 0 Å². The van der Waals surface area contributed by atoms with E-state index >= 15 is 0 Å². The molecule has 0 bridgehead atoms. The Morgan fingerprint density at radius 2 is 2.08 bits per heavy atom. The largest absolute Gasteiger partial charge is 0.333 e. The van der Waals surface area contributed by atoms with Crippen LogP contribution in [-0.4, -0.2) is 53.1 Å². The summed E-state index contributed by atoms with van der Waals surface area (Å²) in [4.78, 5) is 26.3. The average molecular weight is 355 g/mol. The number of aromatic nitrogens is 2. The highest BCUT2D eigenvalue weighted by atomic mass is 32.2. The third-order valence-corrected chi connectivity index (χ3v) is 5.93. The first-order valence-corrected chi connectivity index (χ1v) is 10.3. The van der Waals surface area contributed by atoms with Gasteiger partial charge in [-0.25, -0.2) is 13.1 Å². The second kappa shape index (κ2) is 7.92. The van der Waals surface area contributed by atoms with Crippen LogP contribution in [0.3, 0.4) is 0 Å². The highest BCUT2D eigenvalue weighted by Crippen LogP contribution is 2.19. The van der Waals surface area contributed by atoms with E-state index in [4.69, 9.17) is 0 Å². The standard InChI is InChI=1S/C16H25N3O4S/c1-3-5-10-19-15(20)7-6-14(17-19)16(21)18(9-4-2)13-8-11-24(22,23)12-13/h6-7,13H,3-5,8-12H2,1-2H3. The predicted molar refractivity (Wildman–Crippen MR) is 91.8 cm³/mol. The summed E-state index contributed by atoms with van der Waals surface area (Å²) in [6.07, 6.45) is 2.93. The lowest BCUT2D eigenvalue weighted by atomic mass is 10.2. The van der Waals surface area contributed by atoms with Crippen molar-refractivity contribution in [3.63, 3.8) is 0 Å². The Labute approximate surface area is 142 Å². The maximum atomic E-state index is 12.8. The Hall–Kier alpha value is -1.70. The van der Waals surface area contributed by atoms with Crippen LogP contribution < -0.4 is 5.56 Å². The molecule has 0 saturated carbocycles. The molecule has 1 saturated heterocycles. The minimum atomic E-state index is -3.07. The van der Waals surface area contributed by atoms with Crippen molar-refractivity contribution < 1.29 is 13.2 Å². The first-order valence-electron chi connectivity index (χ1n) is 8.47. The maximum absolute atomic E-state index is 12.8. The number of aryl methyl sites for hydroxylation is 1. The van der Waals surface area contributed by atoms with Crippen LogP contribution in [0.4, 0.5) is 0 Å². The molecule has 1 fully saturated rings. The molecule has 7 nitrogen and oxygen atoms in total. The first kappa shape index (κ1) is 18.6. The highest BCUT2D eigenvalue weighted by molar-refractivity contribution is 7.91. The molecule has 24 heavy (non-hydrogen) atoms. The summed E-state index contributed by atoms with van der Waals surface area (Å²) in [5.41, 5.74) is -0.0334. The second-order valence-electron chi connectivity index (χ2n) is 6.19. The minimum Gasteiger partial charge on any atom is -0.333 e. The van der Waals surface area contributed by atoms with E-state index in [-0.39, 0.29) is 34.7 Å². The fourth-order valence-electron chi connectivity index (χ4n) is 2.89.